The summed E-state index contributed by atoms with van der Waals surface area (Å²) in [4.78, 5) is 26.6. The van der Waals surface area contributed by atoms with E-state index in [0.29, 0.717) is 33.3 Å². The lowest BCUT2D eigenvalue weighted by atomic mass is 9.93. The Labute approximate surface area is 186 Å². The van der Waals surface area contributed by atoms with Gasteiger partial charge in [0.25, 0.3) is 11.8 Å². The van der Waals surface area contributed by atoms with Gasteiger partial charge in [0, 0.05) is 34.1 Å². The zero-order valence-electron chi connectivity index (χ0n) is 16.7. The molecule has 3 aromatic rings. The van der Waals surface area contributed by atoms with Gasteiger partial charge in [-0.25, -0.2) is 0 Å². The molecule has 3 N–H and O–H groups in total. The van der Waals surface area contributed by atoms with Crippen molar-refractivity contribution in [3.05, 3.63) is 71.3 Å². The zero-order chi connectivity index (χ0) is 23.0. The second kappa shape index (κ2) is 8.12. The van der Waals surface area contributed by atoms with Crippen LogP contribution in [-0.2, 0) is 6.18 Å². The van der Waals surface area contributed by atoms with Crippen molar-refractivity contribution in [2.24, 2.45) is 0 Å². The van der Waals surface area contributed by atoms with E-state index in [4.69, 9.17) is 12.2 Å². The van der Waals surface area contributed by atoms with Crippen molar-refractivity contribution in [2.45, 2.75) is 13.1 Å². The molecule has 0 bridgehead atoms. The van der Waals surface area contributed by atoms with Crippen molar-refractivity contribution in [1.82, 2.24) is 10.3 Å². The molecule has 0 spiro atoms. The van der Waals surface area contributed by atoms with E-state index >= 15 is 0 Å². The minimum Gasteiger partial charge on any atom is -0.331 e. The molecule has 0 atom stereocenters. The molecule has 1 aliphatic rings. The smallest absolute Gasteiger partial charge is 0.331 e. The molecule has 32 heavy (non-hydrogen) atoms. The minimum atomic E-state index is -4.41. The van der Waals surface area contributed by atoms with E-state index < -0.39 is 11.7 Å². The highest BCUT2D eigenvalue weighted by Gasteiger charge is 2.32. The van der Waals surface area contributed by atoms with Crippen molar-refractivity contribution in [3.8, 4) is 0 Å². The topological polar surface area (TPSA) is 73.5 Å². The number of nitrogens with zero attached hydrogens (tertiary/aromatic N) is 1. The Morgan fingerprint density at radius 3 is 2.25 bits per heavy atom. The third-order valence-corrected chi connectivity index (χ3v) is 5.29. The Balaban J connectivity index is 1.53. The van der Waals surface area contributed by atoms with Crippen LogP contribution in [-0.4, -0.2) is 28.4 Å². The van der Waals surface area contributed by atoms with Crippen LogP contribution in [0.25, 0.3) is 10.8 Å². The predicted molar refractivity (Wildman–Crippen MR) is 119 cm³/mol. The van der Waals surface area contributed by atoms with Gasteiger partial charge in [-0.2, -0.15) is 13.2 Å². The van der Waals surface area contributed by atoms with Crippen molar-refractivity contribution in [1.29, 1.82) is 0 Å². The number of carbonyl (C=O) groups is 2. The maximum atomic E-state index is 12.7. The summed E-state index contributed by atoms with van der Waals surface area (Å²) in [6.45, 7) is 2.02. The number of anilines is 2. The van der Waals surface area contributed by atoms with Crippen LogP contribution in [0, 0.1) is 0 Å². The quantitative estimate of drug-likeness (QED) is 0.297. The Kier molecular flexibility index (Phi) is 5.47. The van der Waals surface area contributed by atoms with Crippen LogP contribution in [0.5, 0.6) is 0 Å². The van der Waals surface area contributed by atoms with E-state index in [1.54, 1.807) is 37.3 Å². The Hall–Kier alpha value is -3.66. The highest BCUT2D eigenvalue weighted by atomic mass is 32.1. The largest absolute Gasteiger partial charge is 0.416 e. The average molecular weight is 458 g/mol. The molecule has 3 aromatic carbocycles. The number of alkyl halides is 3. The summed E-state index contributed by atoms with van der Waals surface area (Å²) in [5, 5.41) is 4.12. The fourth-order valence-corrected chi connectivity index (χ4v) is 3.74. The molecule has 0 fully saturated rings. The second-order valence-electron chi connectivity index (χ2n) is 7.02. The van der Waals surface area contributed by atoms with Gasteiger partial charge in [0.05, 0.1) is 11.3 Å². The molecule has 0 saturated heterocycles. The molecule has 0 aliphatic carbocycles. The molecular weight excluding hydrogens is 441 g/mol. The van der Waals surface area contributed by atoms with Gasteiger partial charge in [0.15, 0.2) is 5.11 Å². The molecule has 164 valence electrons. The van der Waals surface area contributed by atoms with Gasteiger partial charge < -0.3 is 5.32 Å². The monoisotopic (exact) mass is 458 g/mol. The summed E-state index contributed by atoms with van der Waals surface area (Å²) in [7, 11) is 0. The lowest BCUT2D eigenvalue weighted by Gasteiger charge is -2.27. The van der Waals surface area contributed by atoms with Gasteiger partial charge in [-0.1, -0.05) is 12.1 Å². The molecule has 6 nitrogen and oxygen atoms in total. The summed E-state index contributed by atoms with van der Waals surface area (Å²) < 4.78 is 38.0. The number of carbonyl (C=O) groups excluding carboxylic acids is 2. The van der Waals surface area contributed by atoms with E-state index in [9.17, 15) is 22.8 Å². The van der Waals surface area contributed by atoms with Crippen LogP contribution in [0.1, 0.15) is 33.2 Å². The lowest BCUT2D eigenvalue weighted by molar-refractivity contribution is -0.137. The van der Waals surface area contributed by atoms with Crippen LogP contribution in [0.3, 0.4) is 0 Å². The van der Waals surface area contributed by atoms with Gasteiger partial charge in [0.1, 0.15) is 0 Å². The summed E-state index contributed by atoms with van der Waals surface area (Å²) in [6.07, 6.45) is -4.41. The van der Waals surface area contributed by atoms with E-state index in [0.717, 1.165) is 12.1 Å². The molecule has 10 heteroatoms. The number of rotatable bonds is 4. The molecule has 4 rings (SSSR count). The number of hydrazine groups is 1. The number of hydrogen-bond donors (Lipinski definition) is 3. The first-order chi connectivity index (χ1) is 15.2. The molecule has 0 unspecified atom stereocenters. The minimum absolute atomic E-state index is 0.120. The highest BCUT2D eigenvalue weighted by Crippen LogP contribution is 2.34. The number of thiocarbonyl (C=S) groups is 1. The summed E-state index contributed by atoms with van der Waals surface area (Å²) in [6, 6.07) is 13.0. The molecule has 0 aromatic heterocycles. The Bertz CT molecular complexity index is 1220. The van der Waals surface area contributed by atoms with Gasteiger partial charge >= 0.3 is 6.18 Å². The number of hydrogen-bond acceptors (Lipinski definition) is 4. The standard InChI is InChI=1S/C22H17F3N4O2S/c1-2-29-19(30)15-5-3-4-14-17(11-10-16(18(14)15)20(29)31)27-28-21(32)26-13-8-6-12(7-9-13)22(23,24)25/h3-11,27H,2H2,1H3,(H2,26,28,32). The van der Waals surface area contributed by atoms with Crippen molar-refractivity contribution in [3.63, 3.8) is 0 Å². The Morgan fingerprint density at radius 2 is 1.62 bits per heavy atom. The first-order valence-corrected chi connectivity index (χ1v) is 10.0. The summed E-state index contributed by atoms with van der Waals surface area (Å²) in [5.74, 6) is -0.694. The van der Waals surface area contributed by atoms with Crippen LogP contribution in [0.2, 0.25) is 0 Å². The maximum absolute atomic E-state index is 12.7. The van der Waals surface area contributed by atoms with Crippen LogP contribution >= 0.6 is 12.2 Å². The predicted octanol–water partition coefficient (Wildman–Crippen LogP) is 4.79. The van der Waals surface area contributed by atoms with E-state index in [-0.39, 0.29) is 23.5 Å². The van der Waals surface area contributed by atoms with Crippen molar-refractivity contribution >= 4 is 51.3 Å². The number of nitrogens with one attached hydrogen (secondary N) is 3. The fourth-order valence-electron chi connectivity index (χ4n) is 3.57. The molecule has 1 heterocycles. The van der Waals surface area contributed by atoms with Gasteiger partial charge in [-0.15, -0.1) is 0 Å². The number of amides is 2. The molecule has 1 aliphatic heterocycles. The third-order valence-electron chi connectivity index (χ3n) is 5.09. The SMILES string of the molecule is CCN1C(=O)c2cccc3c(NNC(=S)Nc4ccc(C(F)(F)F)cc4)ccc(c23)C1=O. The fraction of sp³-hybridized carbons (Fsp3) is 0.136. The van der Waals surface area contributed by atoms with Gasteiger partial charge in [-0.3, -0.25) is 25.3 Å². The third kappa shape index (κ3) is 3.84. The number of halogens is 3. The maximum Gasteiger partial charge on any atom is 0.416 e. The zero-order valence-corrected chi connectivity index (χ0v) is 17.5. The van der Waals surface area contributed by atoms with Gasteiger partial charge in [0.2, 0.25) is 0 Å². The first kappa shape index (κ1) is 21.6. The van der Waals surface area contributed by atoms with E-state index in [1.807, 2.05) is 0 Å². The van der Waals surface area contributed by atoms with Crippen molar-refractivity contribution in [2.75, 3.05) is 17.3 Å². The normalized spacial score (nSPS) is 13.3. The summed E-state index contributed by atoms with van der Waals surface area (Å²) in [5.41, 5.74) is 6.78. The molecule has 0 saturated carbocycles. The molecular formula is C22H17F3N4O2S. The van der Waals surface area contributed by atoms with E-state index in [2.05, 4.69) is 16.2 Å². The highest BCUT2D eigenvalue weighted by molar-refractivity contribution is 7.80. The van der Waals surface area contributed by atoms with Crippen LogP contribution < -0.4 is 16.2 Å². The Morgan fingerprint density at radius 1 is 0.969 bits per heavy atom. The number of imide groups is 1. The second-order valence-corrected chi connectivity index (χ2v) is 7.43. The van der Waals surface area contributed by atoms with Crippen molar-refractivity contribution < 1.29 is 22.8 Å². The first-order valence-electron chi connectivity index (χ1n) is 9.63. The van der Waals surface area contributed by atoms with Gasteiger partial charge in [-0.05, 0) is 61.6 Å². The average Bonchev–Trinajstić information content (AvgIpc) is 2.76. The number of benzene rings is 3. The molecule has 2 amide bonds. The lowest BCUT2D eigenvalue weighted by Crippen LogP contribution is -2.40. The van der Waals surface area contributed by atoms with Crippen LogP contribution in [0.15, 0.2) is 54.6 Å². The molecule has 0 radical (unpaired) electrons. The summed E-state index contributed by atoms with van der Waals surface area (Å²) >= 11 is 5.20. The van der Waals surface area contributed by atoms with Crippen LogP contribution in [0.4, 0.5) is 24.5 Å². The van der Waals surface area contributed by atoms with E-state index in [1.165, 1.54) is 17.0 Å².